The maximum Gasteiger partial charge on any atom is 0.353 e. The zero-order valence-electron chi connectivity index (χ0n) is 35.6. The summed E-state index contributed by atoms with van der Waals surface area (Å²) in [5.74, 6) is 0.540. The first-order valence-corrected chi connectivity index (χ1v) is 23.0. The molecule has 0 aliphatic rings. The molecule has 0 spiro atoms. The second-order valence-electron chi connectivity index (χ2n) is 15.8. The van der Waals surface area contributed by atoms with Gasteiger partial charge in [0.1, 0.15) is 29.3 Å². The number of aromatic nitrogens is 4. The number of nitrogens with zero attached hydrogens (tertiary/aromatic N) is 4. The van der Waals surface area contributed by atoms with Crippen LogP contribution in [0.2, 0.25) is 0 Å². The van der Waals surface area contributed by atoms with Crippen molar-refractivity contribution < 1.29 is 23.5 Å². The largest absolute Gasteiger partial charge is 0.369 e. The molecule has 11 heteroatoms. The van der Waals surface area contributed by atoms with Gasteiger partial charge in [-0.15, -0.1) is 0 Å². The molecule has 0 amide bonds. The van der Waals surface area contributed by atoms with Crippen LogP contribution in [-0.4, -0.2) is 49.6 Å². The maximum absolute atomic E-state index is 12.9. The van der Waals surface area contributed by atoms with Crippen LogP contribution in [0.1, 0.15) is 66.6 Å². The molecule has 2 heterocycles. The van der Waals surface area contributed by atoms with Crippen molar-refractivity contribution in [3.05, 3.63) is 228 Å². The fourth-order valence-corrected chi connectivity index (χ4v) is 9.65. The second-order valence-corrected chi connectivity index (χ2v) is 17.6. The van der Waals surface area contributed by atoms with Crippen molar-refractivity contribution in [1.82, 2.24) is 19.5 Å². The van der Waals surface area contributed by atoms with Gasteiger partial charge < -0.3 is 28.8 Å². The Hall–Kier alpha value is -6.26. The number of imidazole rings is 1. The van der Waals surface area contributed by atoms with Crippen molar-refractivity contribution in [2.24, 2.45) is 0 Å². The normalized spacial score (nSPS) is 14.0. The van der Waals surface area contributed by atoms with Gasteiger partial charge in [-0.2, -0.15) is 0 Å². The van der Waals surface area contributed by atoms with Gasteiger partial charge in [-0.3, -0.25) is 4.57 Å². The molecule has 0 saturated heterocycles. The summed E-state index contributed by atoms with van der Waals surface area (Å²) in [6, 6.07) is 61.3. The minimum absolute atomic E-state index is 0.119. The molecule has 3 unspecified atom stereocenters. The topological polar surface area (TPSA) is 121 Å². The van der Waals surface area contributed by atoms with Gasteiger partial charge in [0.2, 0.25) is 0 Å². The van der Waals surface area contributed by atoms with Gasteiger partial charge in [-0.25, -0.2) is 15.0 Å². The molecule has 0 aliphatic carbocycles. The van der Waals surface area contributed by atoms with Crippen molar-refractivity contribution in [2.75, 3.05) is 18.3 Å². The molecular formula is C52H52N5O5P. The predicted molar refractivity (Wildman–Crippen MR) is 248 cm³/mol. The van der Waals surface area contributed by atoms with E-state index in [9.17, 15) is 9.46 Å². The summed E-state index contributed by atoms with van der Waals surface area (Å²) in [4.78, 5) is 25.3. The lowest BCUT2D eigenvalue weighted by Crippen LogP contribution is -2.39. The summed E-state index contributed by atoms with van der Waals surface area (Å²) in [6.45, 7) is 5.60. The first-order valence-electron chi connectivity index (χ1n) is 21.3. The Kier molecular flexibility index (Phi) is 13.4. The summed E-state index contributed by atoms with van der Waals surface area (Å²) in [7, 11) is -3.99. The highest BCUT2D eigenvalue weighted by molar-refractivity contribution is 7.52. The third-order valence-corrected chi connectivity index (χ3v) is 12.5. The van der Waals surface area contributed by atoms with E-state index in [4.69, 9.17) is 28.9 Å². The van der Waals surface area contributed by atoms with Crippen LogP contribution < -0.4 is 5.32 Å². The molecule has 63 heavy (non-hydrogen) atoms. The van der Waals surface area contributed by atoms with Crippen molar-refractivity contribution in [1.29, 1.82) is 0 Å². The van der Waals surface area contributed by atoms with Crippen molar-refractivity contribution >= 4 is 24.6 Å². The van der Waals surface area contributed by atoms with Crippen LogP contribution in [0.3, 0.4) is 0 Å². The van der Waals surface area contributed by atoms with Gasteiger partial charge in [-0.1, -0.05) is 182 Å². The summed E-state index contributed by atoms with van der Waals surface area (Å²) in [5, 5.41) is 3.90. The minimum Gasteiger partial charge on any atom is -0.369 e. The van der Waals surface area contributed by atoms with Crippen LogP contribution in [0, 0.1) is 0 Å². The Morgan fingerprint density at radius 1 is 0.619 bits per heavy atom. The van der Waals surface area contributed by atoms with Gasteiger partial charge >= 0.3 is 7.60 Å². The molecule has 0 aliphatic heterocycles. The number of hydrogen-bond donors (Lipinski definition) is 2. The Morgan fingerprint density at radius 3 is 1.48 bits per heavy atom. The Labute approximate surface area is 369 Å². The quantitative estimate of drug-likeness (QED) is 0.0465. The smallest absolute Gasteiger partial charge is 0.353 e. The molecule has 2 aromatic heterocycles. The van der Waals surface area contributed by atoms with E-state index in [1.165, 1.54) is 0 Å². The lowest BCUT2D eigenvalue weighted by molar-refractivity contribution is -0.0658. The maximum atomic E-state index is 12.9. The highest BCUT2D eigenvalue weighted by atomic mass is 31.2. The van der Waals surface area contributed by atoms with Gasteiger partial charge in [0.05, 0.1) is 24.6 Å². The molecule has 0 saturated carbocycles. The molecule has 320 valence electrons. The lowest BCUT2D eigenvalue weighted by atomic mass is 9.77. The Bertz CT molecular complexity index is 2520. The molecule has 10 nitrogen and oxygen atoms in total. The number of ether oxygens (including phenoxy) is 2. The van der Waals surface area contributed by atoms with Crippen molar-refractivity contribution in [3.8, 4) is 0 Å². The fourth-order valence-electron chi connectivity index (χ4n) is 8.57. The van der Waals surface area contributed by atoms with Gasteiger partial charge in [0.15, 0.2) is 11.5 Å². The number of nitrogens with one attached hydrogen (secondary N) is 1. The fraction of sp³-hybridized carbons (Fsp3) is 0.212. The first kappa shape index (κ1) is 43.4. The second kappa shape index (κ2) is 19.4. The standard InChI is InChI=1S/C52H52N5O5P/c1-39(2)62-63(58,59)38-60-35-34-47(40(3)61-52(44-28-16-7-17-29-44,45-30-18-8-19-31-45)46-32-20-9-21-33-46)57-37-55-48-49(53-36-54-50(48)57)56-51(41-22-10-4-11-23-41,42-24-12-5-13-25-42)43-26-14-6-15-27-43/h4-33,36-37,39-40,47H,34-35,38H2,1-3H3,(H,58,59)(H,53,54,56). The Balaban J connectivity index is 1.25. The van der Waals surface area contributed by atoms with Crippen LogP contribution in [-0.2, 0) is 29.7 Å². The molecule has 6 aromatic carbocycles. The summed E-state index contributed by atoms with van der Waals surface area (Å²) < 4.78 is 33.7. The third kappa shape index (κ3) is 9.28. The lowest BCUT2D eigenvalue weighted by Gasteiger charge is -2.40. The molecule has 0 radical (unpaired) electrons. The molecule has 2 N–H and O–H groups in total. The SMILES string of the molecule is CC(C)OP(=O)(O)COCCC(C(C)OC(c1ccccc1)(c1ccccc1)c1ccccc1)n1cnc2c(NC(c3ccccc3)(c3ccccc3)c3ccccc3)ncnc21. The van der Waals surface area contributed by atoms with E-state index in [-0.39, 0.29) is 6.61 Å². The summed E-state index contributed by atoms with van der Waals surface area (Å²) in [5.41, 5.74) is 5.18. The van der Waals surface area contributed by atoms with Gasteiger partial charge in [-0.05, 0) is 60.6 Å². The minimum atomic E-state index is -3.99. The molecule has 8 rings (SSSR count). The van der Waals surface area contributed by atoms with Gasteiger partial charge in [0.25, 0.3) is 0 Å². The number of rotatable bonds is 19. The number of fused-ring (bicyclic) bond motifs is 1. The molecule has 8 aromatic rings. The first-order chi connectivity index (χ1) is 30.7. The van der Waals surface area contributed by atoms with Crippen molar-refractivity contribution in [2.45, 2.75) is 56.6 Å². The molecule has 0 bridgehead atoms. The van der Waals surface area contributed by atoms with Gasteiger partial charge in [0, 0.05) is 6.61 Å². The highest BCUT2D eigenvalue weighted by Crippen LogP contribution is 2.46. The van der Waals surface area contributed by atoms with E-state index in [0.717, 1.165) is 33.4 Å². The average molecular weight is 858 g/mol. The molecular weight excluding hydrogens is 806 g/mol. The monoisotopic (exact) mass is 857 g/mol. The summed E-state index contributed by atoms with van der Waals surface area (Å²) in [6.07, 6.45) is 2.30. The van der Waals surface area contributed by atoms with Crippen LogP contribution in [0.5, 0.6) is 0 Å². The average Bonchev–Trinajstić information content (AvgIpc) is 3.76. The van der Waals surface area contributed by atoms with E-state index in [1.807, 2.05) is 121 Å². The summed E-state index contributed by atoms with van der Waals surface area (Å²) >= 11 is 0. The van der Waals surface area contributed by atoms with E-state index in [1.54, 1.807) is 26.5 Å². The highest BCUT2D eigenvalue weighted by Gasteiger charge is 2.42. The Morgan fingerprint density at radius 2 is 1.05 bits per heavy atom. The predicted octanol–water partition coefficient (Wildman–Crippen LogP) is 11.1. The molecule has 0 fully saturated rings. The van der Waals surface area contributed by atoms with E-state index < -0.39 is 43.3 Å². The van der Waals surface area contributed by atoms with Crippen LogP contribution in [0.15, 0.2) is 195 Å². The zero-order chi connectivity index (χ0) is 43.7. The van der Waals surface area contributed by atoms with E-state index in [2.05, 4.69) is 78.1 Å². The molecule has 3 atom stereocenters. The van der Waals surface area contributed by atoms with E-state index in [0.29, 0.717) is 23.4 Å². The third-order valence-electron chi connectivity index (χ3n) is 11.3. The van der Waals surface area contributed by atoms with E-state index >= 15 is 0 Å². The van der Waals surface area contributed by atoms with Crippen LogP contribution in [0.4, 0.5) is 5.82 Å². The van der Waals surface area contributed by atoms with Crippen LogP contribution >= 0.6 is 7.60 Å². The number of benzene rings is 6. The number of anilines is 1. The number of hydrogen-bond acceptors (Lipinski definition) is 8. The zero-order valence-corrected chi connectivity index (χ0v) is 36.5. The van der Waals surface area contributed by atoms with Crippen LogP contribution in [0.25, 0.3) is 11.2 Å². The van der Waals surface area contributed by atoms with Crippen molar-refractivity contribution in [3.63, 3.8) is 0 Å².